The van der Waals surface area contributed by atoms with E-state index in [2.05, 4.69) is 17.0 Å². The number of sulfonamides is 1. The monoisotopic (exact) mass is 352 g/mol. The Morgan fingerprint density at radius 2 is 1.83 bits per heavy atom. The lowest BCUT2D eigenvalue weighted by Crippen LogP contribution is -2.39. The number of hydrogen-bond acceptors (Lipinski definition) is 3. The van der Waals surface area contributed by atoms with Crippen LogP contribution in [0.5, 0.6) is 0 Å². The zero-order valence-electron chi connectivity index (χ0n) is 14.8. The van der Waals surface area contributed by atoms with Crippen molar-refractivity contribution in [1.29, 1.82) is 0 Å². The molecular formula is C18H28N2O3S. The average molecular weight is 353 g/mol. The van der Waals surface area contributed by atoms with Gasteiger partial charge in [-0.3, -0.25) is 4.79 Å². The van der Waals surface area contributed by atoms with Crippen molar-refractivity contribution in [2.45, 2.75) is 63.8 Å². The molecule has 1 aromatic carbocycles. The van der Waals surface area contributed by atoms with Crippen molar-refractivity contribution in [3.63, 3.8) is 0 Å². The van der Waals surface area contributed by atoms with Gasteiger partial charge in [0.05, 0.1) is 4.90 Å². The molecule has 0 aliphatic heterocycles. The first-order chi connectivity index (χ1) is 11.3. The quantitative estimate of drug-likeness (QED) is 0.826. The Bertz CT molecular complexity index is 678. The normalized spacial score (nSPS) is 21.5. The smallest absolute Gasteiger partial charge is 0.240 e. The maximum atomic E-state index is 12.3. The van der Waals surface area contributed by atoms with E-state index >= 15 is 0 Å². The minimum absolute atomic E-state index is 0.0853. The van der Waals surface area contributed by atoms with E-state index in [1.165, 1.54) is 0 Å². The molecule has 6 heteroatoms. The van der Waals surface area contributed by atoms with Crippen molar-refractivity contribution in [2.75, 3.05) is 6.54 Å². The second-order valence-corrected chi connectivity index (χ2v) is 8.68. The van der Waals surface area contributed by atoms with Gasteiger partial charge in [0.1, 0.15) is 0 Å². The molecule has 24 heavy (non-hydrogen) atoms. The Balaban J connectivity index is 1.81. The number of hydrogen-bond donors (Lipinski definition) is 2. The summed E-state index contributed by atoms with van der Waals surface area (Å²) in [5.41, 5.74) is 1.73. The van der Waals surface area contributed by atoms with E-state index in [1.54, 1.807) is 19.1 Å². The Morgan fingerprint density at radius 1 is 1.17 bits per heavy atom. The highest BCUT2D eigenvalue weighted by Gasteiger charge is 2.20. The molecule has 0 radical (unpaired) electrons. The summed E-state index contributed by atoms with van der Waals surface area (Å²) in [6, 6.07) is 5.46. The summed E-state index contributed by atoms with van der Waals surface area (Å²) in [6.07, 6.45) is 4.48. The molecule has 1 aromatic rings. The molecule has 0 atom stereocenters. The predicted molar refractivity (Wildman–Crippen MR) is 95.3 cm³/mol. The standard InChI is InChI=1S/C18H28N2O3S/c1-13-4-7-16(8-5-13)20-18(21)10-11-19-24(22,23)17-9-6-14(2)12-15(17)3/h6,9,12-13,16,19H,4-5,7-8,10-11H2,1-3H3,(H,20,21). The molecule has 1 fully saturated rings. The summed E-state index contributed by atoms with van der Waals surface area (Å²) in [7, 11) is -3.57. The first-order valence-electron chi connectivity index (χ1n) is 8.64. The van der Waals surface area contributed by atoms with E-state index in [-0.39, 0.29) is 29.8 Å². The molecule has 0 saturated heterocycles. The Labute approximate surface area is 145 Å². The van der Waals surface area contributed by atoms with Crippen LogP contribution in [0.25, 0.3) is 0 Å². The van der Waals surface area contributed by atoms with Gasteiger partial charge in [0.2, 0.25) is 15.9 Å². The van der Waals surface area contributed by atoms with Crippen LogP contribution in [-0.4, -0.2) is 26.9 Å². The van der Waals surface area contributed by atoms with E-state index in [1.807, 2.05) is 13.0 Å². The summed E-state index contributed by atoms with van der Waals surface area (Å²) >= 11 is 0. The third-order valence-electron chi connectivity index (χ3n) is 4.65. The highest BCUT2D eigenvalue weighted by molar-refractivity contribution is 7.89. The molecular weight excluding hydrogens is 324 g/mol. The first kappa shape index (κ1) is 18.9. The van der Waals surface area contributed by atoms with Gasteiger partial charge in [-0.1, -0.05) is 24.6 Å². The van der Waals surface area contributed by atoms with Gasteiger partial charge in [0.25, 0.3) is 0 Å². The number of carbonyl (C=O) groups excluding carboxylic acids is 1. The highest BCUT2D eigenvalue weighted by Crippen LogP contribution is 2.23. The third-order valence-corrected chi connectivity index (χ3v) is 6.27. The highest BCUT2D eigenvalue weighted by atomic mass is 32.2. The lowest BCUT2D eigenvalue weighted by atomic mass is 9.87. The molecule has 0 aromatic heterocycles. The van der Waals surface area contributed by atoms with Gasteiger partial charge in [-0.25, -0.2) is 13.1 Å². The van der Waals surface area contributed by atoms with Crippen molar-refractivity contribution in [3.05, 3.63) is 29.3 Å². The number of rotatable bonds is 6. The van der Waals surface area contributed by atoms with Crippen molar-refractivity contribution in [1.82, 2.24) is 10.0 Å². The van der Waals surface area contributed by atoms with Crippen LogP contribution in [-0.2, 0) is 14.8 Å². The van der Waals surface area contributed by atoms with Crippen LogP contribution in [0, 0.1) is 19.8 Å². The van der Waals surface area contributed by atoms with Crippen LogP contribution in [0.15, 0.2) is 23.1 Å². The largest absolute Gasteiger partial charge is 0.353 e. The van der Waals surface area contributed by atoms with Crippen molar-refractivity contribution in [2.24, 2.45) is 5.92 Å². The molecule has 1 amide bonds. The molecule has 1 aliphatic carbocycles. The number of nitrogens with one attached hydrogen (secondary N) is 2. The second kappa shape index (κ2) is 8.12. The van der Waals surface area contributed by atoms with Crippen LogP contribution in [0.2, 0.25) is 0 Å². The maximum absolute atomic E-state index is 12.3. The van der Waals surface area contributed by atoms with Gasteiger partial charge < -0.3 is 5.32 Å². The van der Waals surface area contributed by atoms with E-state index < -0.39 is 10.0 Å². The molecule has 134 valence electrons. The molecule has 2 rings (SSSR count). The zero-order valence-corrected chi connectivity index (χ0v) is 15.6. The van der Waals surface area contributed by atoms with Gasteiger partial charge in [-0.05, 0) is 57.1 Å². The molecule has 5 nitrogen and oxygen atoms in total. The number of carbonyl (C=O) groups is 1. The molecule has 0 heterocycles. The zero-order chi connectivity index (χ0) is 17.7. The average Bonchev–Trinajstić information content (AvgIpc) is 2.49. The fourth-order valence-electron chi connectivity index (χ4n) is 3.18. The fourth-order valence-corrected chi connectivity index (χ4v) is 4.44. The number of benzene rings is 1. The maximum Gasteiger partial charge on any atom is 0.240 e. The van der Waals surface area contributed by atoms with Crippen molar-refractivity contribution < 1.29 is 13.2 Å². The van der Waals surface area contributed by atoms with Crippen LogP contribution >= 0.6 is 0 Å². The Hall–Kier alpha value is -1.40. The van der Waals surface area contributed by atoms with Gasteiger partial charge in [0.15, 0.2) is 0 Å². The summed E-state index contributed by atoms with van der Waals surface area (Å²) < 4.78 is 27.2. The van der Waals surface area contributed by atoms with Crippen LogP contribution < -0.4 is 10.0 Å². The summed E-state index contributed by atoms with van der Waals surface area (Å²) in [5.74, 6) is 0.653. The molecule has 0 unspecified atom stereocenters. The lowest BCUT2D eigenvalue weighted by Gasteiger charge is -2.26. The predicted octanol–water partition coefficient (Wildman–Crippen LogP) is 2.67. The number of aryl methyl sites for hydroxylation is 2. The molecule has 0 spiro atoms. The lowest BCUT2D eigenvalue weighted by molar-refractivity contribution is -0.121. The second-order valence-electron chi connectivity index (χ2n) is 6.94. The van der Waals surface area contributed by atoms with Crippen LogP contribution in [0.3, 0.4) is 0 Å². The van der Waals surface area contributed by atoms with E-state index in [9.17, 15) is 13.2 Å². The fraction of sp³-hybridized carbons (Fsp3) is 0.611. The van der Waals surface area contributed by atoms with Crippen LogP contribution in [0.4, 0.5) is 0 Å². The van der Waals surface area contributed by atoms with Gasteiger partial charge in [-0.15, -0.1) is 0 Å². The van der Waals surface area contributed by atoms with E-state index in [0.717, 1.165) is 37.2 Å². The Morgan fingerprint density at radius 3 is 2.46 bits per heavy atom. The number of amides is 1. The van der Waals surface area contributed by atoms with Crippen molar-refractivity contribution >= 4 is 15.9 Å². The van der Waals surface area contributed by atoms with Gasteiger partial charge in [-0.2, -0.15) is 0 Å². The van der Waals surface area contributed by atoms with E-state index in [4.69, 9.17) is 0 Å². The van der Waals surface area contributed by atoms with Gasteiger partial charge in [0, 0.05) is 19.0 Å². The molecule has 1 saturated carbocycles. The third kappa shape index (κ3) is 5.31. The minimum Gasteiger partial charge on any atom is -0.353 e. The topological polar surface area (TPSA) is 75.3 Å². The van der Waals surface area contributed by atoms with Gasteiger partial charge >= 0.3 is 0 Å². The first-order valence-corrected chi connectivity index (χ1v) is 10.1. The summed E-state index contributed by atoms with van der Waals surface area (Å²) in [6.45, 7) is 6.05. The van der Waals surface area contributed by atoms with Crippen LogP contribution in [0.1, 0.15) is 50.2 Å². The summed E-state index contributed by atoms with van der Waals surface area (Å²) in [5, 5.41) is 3.01. The Kier molecular flexibility index (Phi) is 6.40. The SMILES string of the molecule is Cc1ccc(S(=O)(=O)NCCC(=O)NC2CCC(C)CC2)c(C)c1. The minimum atomic E-state index is -3.57. The van der Waals surface area contributed by atoms with Crippen molar-refractivity contribution in [3.8, 4) is 0 Å². The summed E-state index contributed by atoms with van der Waals surface area (Å²) in [4.78, 5) is 12.3. The molecule has 0 bridgehead atoms. The van der Waals surface area contributed by atoms with E-state index in [0.29, 0.717) is 5.56 Å². The molecule has 1 aliphatic rings. The molecule has 2 N–H and O–H groups in total.